The minimum atomic E-state index is -1.10. The first-order chi connectivity index (χ1) is 10.2. The van der Waals surface area contributed by atoms with Crippen LogP contribution in [0.25, 0.3) is 0 Å². The number of piperidine rings is 1. The van der Waals surface area contributed by atoms with E-state index in [0.717, 1.165) is 0 Å². The molecule has 3 atom stereocenters. The summed E-state index contributed by atoms with van der Waals surface area (Å²) in [5.41, 5.74) is -1.72. The highest BCUT2D eigenvalue weighted by molar-refractivity contribution is 5.77. The molecule has 2 bridgehead atoms. The van der Waals surface area contributed by atoms with Crippen molar-refractivity contribution >= 4 is 12.1 Å². The number of carbonyl (C=O) groups is 2. The van der Waals surface area contributed by atoms with Crippen LogP contribution in [0, 0.1) is 16.7 Å². The van der Waals surface area contributed by atoms with E-state index in [4.69, 9.17) is 14.7 Å². The van der Waals surface area contributed by atoms with Gasteiger partial charge in [0, 0.05) is 0 Å². The first-order valence-corrected chi connectivity index (χ1v) is 7.38. The van der Waals surface area contributed by atoms with E-state index in [2.05, 4.69) is 0 Å². The van der Waals surface area contributed by atoms with Crippen molar-refractivity contribution in [3.8, 4) is 6.07 Å². The van der Waals surface area contributed by atoms with Crippen molar-refractivity contribution in [1.82, 2.24) is 4.90 Å². The van der Waals surface area contributed by atoms with Gasteiger partial charge >= 0.3 is 12.1 Å². The normalized spacial score (nSPS) is 31.3. The van der Waals surface area contributed by atoms with Gasteiger partial charge in [-0.2, -0.15) is 5.26 Å². The smallest absolute Gasteiger partial charge is 0.410 e. The first kappa shape index (κ1) is 16.6. The van der Waals surface area contributed by atoms with Crippen LogP contribution in [-0.2, 0) is 14.3 Å². The van der Waals surface area contributed by atoms with Gasteiger partial charge in [-0.15, -0.1) is 0 Å². The number of carboxylic acids is 1. The molecule has 0 aromatic carbocycles. The van der Waals surface area contributed by atoms with Crippen molar-refractivity contribution in [2.24, 2.45) is 5.41 Å². The summed E-state index contributed by atoms with van der Waals surface area (Å²) in [6.07, 6.45) is -0.0730. The molecule has 0 radical (unpaired) electrons. The Bertz CT molecular complexity index is 491. The van der Waals surface area contributed by atoms with Crippen LogP contribution in [0.2, 0.25) is 0 Å². The topological polar surface area (TPSA) is 99.9 Å². The molecule has 22 heavy (non-hydrogen) atoms. The summed E-state index contributed by atoms with van der Waals surface area (Å²) in [6.45, 7) is 5.92. The molecule has 7 nitrogen and oxygen atoms in total. The maximum atomic E-state index is 12.4. The molecule has 0 aromatic rings. The molecule has 0 aliphatic carbocycles. The Hall–Kier alpha value is -1.81. The van der Waals surface area contributed by atoms with Crippen LogP contribution < -0.4 is 0 Å². The summed E-state index contributed by atoms with van der Waals surface area (Å²) in [7, 11) is 0. The number of carboxylic acid groups (broad SMARTS) is 1. The van der Waals surface area contributed by atoms with Crippen LogP contribution in [-0.4, -0.2) is 53.0 Å². The summed E-state index contributed by atoms with van der Waals surface area (Å²) in [5, 5.41) is 18.5. The van der Waals surface area contributed by atoms with Gasteiger partial charge in [0.1, 0.15) is 5.60 Å². The molecule has 0 aromatic heterocycles. The monoisotopic (exact) mass is 310 g/mol. The third-order valence-corrected chi connectivity index (χ3v) is 4.14. The fraction of sp³-hybridized carbons (Fsp3) is 0.800. The van der Waals surface area contributed by atoms with Crippen molar-refractivity contribution in [3.05, 3.63) is 0 Å². The summed E-state index contributed by atoms with van der Waals surface area (Å²) in [4.78, 5) is 25.7. The molecule has 122 valence electrons. The maximum absolute atomic E-state index is 12.4. The lowest BCUT2D eigenvalue weighted by Gasteiger charge is -2.51. The molecule has 2 saturated heterocycles. The molecular formula is C15H22N2O5. The lowest BCUT2D eigenvalue weighted by Crippen LogP contribution is -2.63. The number of nitriles is 1. The van der Waals surface area contributed by atoms with Gasteiger partial charge in [0.05, 0.1) is 43.2 Å². The van der Waals surface area contributed by atoms with Gasteiger partial charge in [0.25, 0.3) is 0 Å². The van der Waals surface area contributed by atoms with E-state index in [0.29, 0.717) is 0 Å². The van der Waals surface area contributed by atoms with Crippen LogP contribution in [0.4, 0.5) is 4.79 Å². The predicted molar refractivity (Wildman–Crippen MR) is 76.0 cm³/mol. The zero-order chi connectivity index (χ0) is 16.5. The van der Waals surface area contributed by atoms with Gasteiger partial charge in [-0.25, -0.2) is 4.79 Å². The van der Waals surface area contributed by atoms with E-state index in [9.17, 15) is 14.7 Å². The lowest BCUT2D eigenvalue weighted by atomic mass is 9.70. The van der Waals surface area contributed by atoms with E-state index in [-0.39, 0.29) is 44.6 Å². The summed E-state index contributed by atoms with van der Waals surface area (Å²) >= 11 is 0. The number of morpholine rings is 1. The van der Waals surface area contributed by atoms with Crippen molar-refractivity contribution in [1.29, 1.82) is 5.26 Å². The third-order valence-electron chi connectivity index (χ3n) is 4.14. The number of hydrogen-bond donors (Lipinski definition) is 1. The fourth-order valence-corrected chi connectivity index (χ4v) is 3.26. The van der Waals surface area contributed by atoms with Crippen LogP contribution in [0.3, 0.4) is 0 Å². The van der Waals surface area contributed by atoms with Crippen LogP contribution in [0.15, 0.2) is 0 Å². The largest absolute Gasteiger partial charge is 0.481 e. The number of aliphatic carboxylic acids is 1. The molecule has 2 heterocycles. The Balaban J connectivity index is 2.23. The molecule has 0 spiro atoms. The van der Waals surface area contributed by atoms with Crippen LogP contribution in [0.5, 0.6) is 0 Å². The quantitative estimate of drug-likeness (QED) is 0.834. The Morgan fingerprint density at radius 1 is 1.36 bits per heavy atom. The van der Waals surface area contributed by atoms with E-state index in [1.807, 2.05) is 6.07 Å². The molecule has 1 amide bonds. The molecule has 2 aliphatic heterocycles. The Kier molecular flexibility index (Phi) is 4.34. The molecule has 0 saturated carbocycles. The maximum Gasteiger partial charge on any atom is 0.410 e. The van der Waals surface area contributed by atoms with Gasteiger partial charge in [-0.05, 0) is 33.6 Å². The van der Waals surface area contributed by atoms with Gasteiger partial charge in [0.2, 0.25) is 0 Å². The standard InChI is InChI=1S/C15H22N2O5/c1-14(2,3)22-13(20)17-10-6-15(4-5-16,12(18)19)7-11(17)9-21-8-10/h10-11H,4,6-9H2,1-3H3,(H,18,19)/t10-,11+,15?. The molecular weight excluding hydrogens is 288 g/mol. The van der Waals surface area contributed by atoms with Gasteiger partial charge in [-0.3, -0.25) is 9.69 Å². The Morgan fingerprint density at radius 3 is 2.32 bits per heavy atom. The van der Waals surface area contributed by atoms with E-state index in [1.54, 1.807) is 25.7 Å². The van der Waals surface area contributed by atoms with Crippen molar-refractivity contribution in [2.75, 3.05) is 13.2 Å². The minimum absolute atomic E-state index is 0.0580. The number of hydrogen-bond acceptors (Lipinski definition) is 5. The fourth-order valence-electron chi connectivity index (χ4n) is 3.26. The predicted octanol–water partition coefficient (Wildman–Crippen LogP) is 1.77. The zero-order valence-electron chi connectivity index (χ0n) is 13.2. The summed E-state index contributed by atoms with van der Waals surface area (Å²) in [6, 6.07) is 1.24. The molecule has 1 unspecified atom stereocenters. The number of carbonyl (C=O) groups excluding carboxylic acids is 1. The Labute approximate surface area is 129 Å². The number of rotatable bonds is 2. The molecule has 2 aliphatic rings. The first-order valence-electron chi connectivity index (χ1n) is 7.38. The van der Waals surface area contributed by atoms with Crippen LogP contribution in [0.1, 0.15) is 40.0 Å². The summed E-state index contributed by atoms with van der Waals surface area (Å²) in [5.74, 6) is -0.977. The van der Waals surface area contributed by atoms with Crippen molar-refractivity contribution < 1.29 is 24.2 Å². The SMILES string of the molecule is CC(C)(C)OC(=O)N1[C@@H]2COC[C@H]1CC(CC#N)(C(=O)O)C2. The number of ether oxygens (including phenoxy) is 2. The minimum Gasteiger partial charge on any atom is -0.481 e. The third kappa shape index (κ3) is 3.17. The van der Waals surface area contributed by atoms with Crippen LogP contribution >= 0.6 is 0 Å². The van der Waals surface area contributed by atoms with E-state index < -0.39 is 23.1 Å². The van der Waals surface area contributed by atoms with Crippen molar-refractivity contribution in [2.45, 2.75) is 57.7 Å². The molecule has 2 rings (SSSR count). The second-order valence-corrected chi connectivity index (χ2v) is 7.06. The second kappa shape index (κ2) is 5.76. The summed E-state index contributed by atoms with van der Waals surface area (Å²) < 4.78 is 10.9. The molecule has 7 heteroatoms. The highest BCUT2D eigenvalue weighted by Crippen LogP contribution is 2.43. The number of amides is 1. The zero-order valence-corrected chi connectivity index (χ0v) is 13.2. The molecule has 1 N–H and O–H groups in total. The van der Waals surface area contributed by atoms with Gasteiger partial charge in [-0.1, -0.05) is 0 Å². The number of fused-ring (bicyclic) bond motifs is 2. The Morgan fingerprint density at radius 2 is 1.91 bits per heavy atom. The van der Waals surface area contributed by atoms with Gasteiger partial charge < -0.3 is 14.6 Å². The second-order valence-electron chi connectivity index (χ2n) is 7.06. The molecule has 2 fully saturated rings. The van der Waals surface area contributed by atoms with Crippen molar-refractivity contribution in [3.63, 3.8) is 0 Å². The highest BCUT2D eigenvalue weighted by atomic mass is 16.6. The van der Waals surface area contributed by atoms with E-state index >= 15 is 0 Å². The number of nitrogens with zero attached hydrogens (tertiary/aromatic N) is 2. The average Bonchev–Trinajstić information content (AvgIpc) is 2.35. The highest BCUT2D eigenvalue weighted by Gasteiger charge is 2.53. The van der Waals surface area contributed by atoms with Gasteiger partial charge in [0.15, 0.2) is 0 Å². The van der Waals surface area contributed by atoms with E-state index in [1.165, 1.54) is 0 Å². The average molecular weight is 310 g/mol. The lowest BCUT2D eigenvalue weighted by molar-refractivity contribution is -0.163.